The number of aromatic nitrogens is 1. The van der Waals surface area contributed by atoms with Crippen LogP contribution in [0, 0.1) is 23.1 Å². The fraction of sp³-hybridized carbons (Fsp3) is 0.364. The van der Waals surface area contributed by atoms with Crippen molar-refractivity contribution >= 4 is 5.91 Å². The molecule has 0 aliphatic heterocycles. The molecule has 1 atom stereocenters. The fourth-order valence-corrected chi connectivity index (χ4v) is 1.29. The van der Waals surface area contributed by atoms with Crippen molar-refractivity contribution in [1.29, 1.82) is 5.26 Å². The number of hydrogen-bond donors (Lipinski definition) is 0. The Balaban J connectivity index is 2.80. The van der Waals surface area contributed by atoms with E-state index >= 15 is 0 Å². The Morgan fingerprint density at radius 1 is 1.75 bits per heavy atom. The largest absolute Gasteiger partial charge is 0.340 e. The molecule has 0 fully saturated rings. The summed E-state index contributed by atoms with van der Waals surface area (Å²) in [5.41, 5.74) is -0.0253. The molecule has 0 spiro atoms. The summed E-state index contributed by atoms with van der Waals surface area (Å²) in [7, 11) is 1.54. The van der Waals surface area contributed by atoms with E-state index < -0.39 is 11.7 Å². The maximum atomic E-state index is 13.2. The minimum atomic E-state index is -0.649. The first-order chi connectivity index (χ1) is 7.56. The van der Waals surface area contributed by atoms with Gasteiger partial charge in [-0.25, -0.2) is 4.39 Å². The molecular formula is C11H12FN3O. The Kier molecular flexibility index (Phi) is 3.95. The van der Waals surface area contributed by atoms with Crippen LogP contribution >= 0.6 is 0 Å². The van der Waals surface area contributed by atoms with Gasteiger partial charge in [0.15, 0.2) is 5.82 Å². The van der Waals surface area contributed by atoms with Crippen LogP contribution in [0.2, 0.25) is 0 Å². The number of nitrogens with zero attached hydrogens (tertiary/aromatic N) is 3. The second kappa shape index (κ2) is 5.21. The zero-order valence-electron chi connectivity index (χ0n) is 9.14. The first-order valence-electron chi connectivity index (χ1n) is 4.81. The van der Waals surface area contributed by atoms with Gasteiger partial charge in [0.2, 0.25) is 0 Å². The number of amides is 1. The van der Waals surface area contributed by atoms with E-state index in [1.807, 2.05) is 6.07 Å². The summed E-state index contributed by atoms with van der Waals surface area (Å²) >= 11 is 0. The van der Waals surface area contributed by atoms with Gasteiger partial charge in [0.1, 0.15) is 0 Å². The third-order valence-corrected chi connectivity index (χ3v) is 2.12. The van der Waals surface area contributed by atoms with Gasteiger partial charge < -0.3 is 4.90 Å². The highest BCUT2D eigenvalue weighted by atomic mass is 19.1. The number of carbonyl (C=O) groups excluding carboxylic acids is 1. The maximum absolute atomic E-state index is 13.2. The molecule has 1 unspecified atom stereocenters. The molecule has 0 aliphatic rings. The van der Waals surface area contributed by atoms with Crippen LogP contribution in [-0.2, 0) is 0 Å². The van der Waals surface area contributed by atoms with Crippen LogP contribution in [-0.4, -0.2) is 29.4 Å². The Labute approximate surface area is 93.3 Å². The molecule has 1 rings (SSSR count). The average molecular weight is 221 g/mol. The number of rotatable bonds is 3. The summed E-state index contributed by atoms with van der Waals surface area (Å²) in [4.78, 5) is 16.7. The fourth-order valence-electron chi connectivity index (χ4n) is 1.29. The summed E-state index contributed by atoms with van der Waals surface area (Å²) in [5.74, 6) is -1.37. The molecular weight excluding hydrogens is 209 g/mol. The van der Waals surface area contributed by atoms with Crippen molar-refractivity contribution < 1.29 is 9.18 Å². The number of carbonyl (C=O) groups is 1. The lowest BCUT2D eigenvalue weighted by molar-refractivity contribution is 0.0780. The topological polar surface area (TPSA) is 57.0 Å². The third kappa shape index (κ3) is 2.76. The predicted molar refractivity (Wildman–Crippen MR) is 55.9 cm³/mol. The predicted octanol–water partition coefficient (Wildman–Crippen LogP) is 1.45. The molecule has 84 valence electrons. The van der Waals surface area contributed by atoms with Gasteiger partial charge in [-0.05, 0) is 13.0 Å². The van der Waals surface area contributed by atoms with E-state index in [2.05, 4.69) is 4.98 Å². The number of halogens is 1. The molecule has 1 amide bonds. The van der Waals surface area contributed by atoms with Crippen molar-refractivity contribution in [3.8, 4) is 6.07 Å². The third-order valence-electron chi connectivity index (χ3n) is 2.12. The van der Waals surface area contributed by atoms with Gasteiger partial charge in [0.05, 0.1) is 23.7 Å². The van der Waals surface area contributed by atoms with E-state index in [0.717, 1.165) is 6.20 Å². The number of pyridine rings is 1. The van der Waals surface area contributed by atoms with Crippen LogP contribution in [0.4, 0.5) is 4.39 Å². The van der Waals surface area contributed by atoms with Gasteiger partial charge in [0, 0.05) is 19.8 Å². The number of nitriles is 1. The van der Waals surface area contributed by atoms with Crippen molar-refractivity contribution in [3.63, 3.8) is 0 Å². The molecule has 0 saturated heterocycles. The number of hydrogen-bond acceptors (Lipinski definition) is 3. The van der Waals surface area contributed by atoms with Gasteiger partial charge in [0.25, 0.3) is 5.91 Å². The minimum absolute atomic E-state index is 0.0253. The molecule has 1 aromatic heterocycles. The van der Waals surface area contributed by atoms with Crippen molar-refractivity contribution in [3.05, 3.63) is 29.8 Å². The zero-order chi connectivity index (χ0) is 12.1. The van der Waals surface area contributed by atoms with Crippen LogP contribution in [0.25, 0.3) is 0 Å². The first kappa shape index (κ1) is 12.1. The van der Waals surface area contributed by atoms with Crippen LogP contribution < -0.4 is 0 Å². The Hall–Kier alpha value is -1.96. The Bertz CT molecular complexity index is 427. The highest BCUT2D eigenvalue weighted by Crippen LogP contribution is 2.08. The van der Waals surface area contributed by atoms with Crippen LogP contribution in [0.1, 0.15) is 17.3 Å². The van der Waals surface area contributed by atoms with Gasteiger partial charge in [-0.2, -0.15) is 5.26 Å². The lowest BCUT2D eigenvalue weighted by Crippen LogP contribution is -2.31. The van der Waals surface area contributed by atoms with E-state index in [1.54, 1.807) is 6.92 Å². The van der Waals surface area contributed by atoms with Crippen molar-refractivity contribution in [2.24, 2.45) is 5.92 Å². The highest BCUT2D eigenvalue weighted by molar-refractivity contribution is 5.94. The molecule has 0 N–H and O–H groups in total. The molecule has 16 heavy (non-hydrogen) atoms. The van der Waals surface area contributed by atoms with E-state index in [1.165, 1.54) is 24.2 Å². The molecule has 5 heteroatoms. The SMILES string of the molecule is CC(C#N)CN(C)C(=O)c1ccncc1F. The summed E-state index contributed by atoms with van der Waals surface area (Å²) in [5, 5.41) is 8.62. The molecule has 0 aliphatic carbocycles. The van der Waals surface area contributed by atoms with Crippen molar-refractivity contribution in [2.75, 3.05) is 13.6 Å². The Morgan fingerprint density at radius 3 is 3.00 bits per heavy atom. The normalized spacial score (nSPS) is 11.6. The van der Waals surface area contributed by atoms with Gasteiger partial charge in [-0.3, -0.25) is 9.78 Å². The van der Waals surface area contributed by atoms with Gasteiger partial charge in [-0.15, -0.1) is 0 Å². The molecule has 0 bridgehead atoms. The zero-order valence-corrected chi connectivity index (χ0v) is 9.14. The van der Waals surface area contributed by atoms with Crippen molar-refractivity contribution in [2.45, 2.75) is 6.92 Å². The lowest BCUT2D eigenvalue weighted by atomic mass is 10.1. The summed E-state index contributed by atoms with van der Waals surface area (Å²) in [6.45, 7) is 1.98. The first-order valence-corrected chi connectivity index (χ1v) is 4.81. The average Bonchev–Trinajstić information content (AvgIpc) is 2.28. The van der Waals surface area contributed by atoms with Gasteiger partial charge in [-0.1, -0.05) is 0 Å². The molecule has 0 radical (unpaired) electrons. The summed E-state index contributed by atoms with van der Waals surface area (Å²) in [6, 6.07) is 3.34. The maximum Gasteiger partial charge on any atom is 0.256 e. The molecule has 0 saturated carbocycles. The second-order valence-electron chi connectivity index (χ2n) is 3.57. The molecule has 1 aromatic rings. The van der Waals surface area contributed by atoms with Crippen LogP contribution in [0.3, 0.4) is 0 Å². The highest BCUT2D eigenvalue weighted by Gasteiger charge is 2.17. The minimum Gasteiger partial charge on any atom is -0.340 e. The summed E-state index contributed by atoms with van der Waals surface area (Å²) < 4.78 is 13.2. The monoisotopic (exact) mass is 221 g/mol. The van der Waals surface area contributed by atoms with Gasteiger partial charge >= 0.3 is 0 Å². The quantitative estimate of drug-likeness (QED) is 0.776. The molecule has 4 nitrogen and oxygen atoms in total. The van der Waals surface area contributed by atoms with Crippen LogP contribution in [0.5, 0.6) is 0 Å². The smallest absolute Gasteiger partial charge is 0.256 e. The standard InChI is InChI=1S/C11H12FN3O/c1-8(5-13)7-15(2)11(16)9-3-4-14-6-10(9)12/h3-4,6,8H,7H2,1-2H3. The molecule has 0 aromatic carbocycles. The lowest BCUT2D eigenvalue weighted by Gasteiger charge is -2.18. The van der Waals surface area contributed by atoms with E-state index in [-0.39, 0.29) is 18.0 Å². The van der Waals surface area contributed by atoms with E-state index in [0.29, 0.717) is 0 Å². The molecule has 1 heterocycles. The van der Waals surface area contributed by atoms with E-state index in [4.69, 9.17) is 5.26 Å². The van der Waals surface area contributed by atoms with Crippen LogP contribution in [0.15, 0.2) is 18.5 Å². The van der Waals surface area contributed by atoms with Crippen molar-refractivity contribution in [1.82, 2.24) is 9.88 Å². The Morgan fingerprint density at radius 2 is 2.44 bits per heavy atom. The van der Waals surface area contributed by atoms with E-state index in [9.17, 15) is 9.18 Å². The second-order valence-corrected chi connectivity index (χ2v) is 3.57. The summed E-state index contributed by atoms with van der Waals surface area (Å²) in [6.07, 6.45) is 2.35.